The van der Waals surface area contributed by atoms with Gasteiger partial charge >= 0.3 is 0 Å². The molecule has 5 heteroatoms. The van der Waals surface area contributed by atoms with E-state index in [1.165, 1.54) is 5.56 Å². The van der Waals surface area contributed by atoms with Crippen molar-refractivity contribution in [2.24, 2.45) is 0 Å². The summed E-state index contributed by atoms with van der Waals surface area (Å²) in [5.74, 6) is 0.859. The fourth-order valence-corrected chi connectivity index (χ4v) is 2.74. The summed E-state index contributed by atoms with van der Waals surface area (Å²) in [7, 11) is 1.80. The molecule has 1 aromatic heterocycles. The molecule has 1 amide bonds. The van der Waals surface area contributed by atoms with Crippen LogP contribution in [0.3, 0.4) is 0 Å². The Morgan fingerprint density at radius 3 is 2.95 bits per heavy atom. The molecular weight excluding hydrogens is 306 g/mol. The van der Waals surface area contributed by atoms with Crippen molar-refractivity contribution in [3.8, 4) is 5.75 Å². The number of carbonyl (C=O) groups excluding carboxylic acids is 1. The van der Waals surface area contributed by atoms with Crippen LogP contribution in [0.4, 0.5) is 0 Å². The number of carbonyl (C=O) groups is 1. The predicted molar refractivity (Wildman–Crippen MR) is 87.2 cm³/mol. The zero-order valence-electron chi connectivity index (χ0n) is 11.9. The minimum absolute atomic E-state index is 0.135. The number of ether oxygens (including phenoxy) is 1. The molecule has 21 heavy (non-hydrogen) atoms. The lowest BCUT2D eigenvalue weighted by molar-refractivity contribution is -0.130. The quantitative estimate of drug-likeness (QED) is 0.774. The summed E-state index contributed by atoms with van der Waals surface area (Å²) in [5.41, 5.74) is 1.22. The van der Waals surface area contributed by atoms with Gasteiger partial charge in [-0.05, 0) is 47.0 Å². The smallest absolute Gasteiger partial charge is 0.222 e. The Bertz CT molecular complexity index is 571. The third-order valence-electron chi connectivity index (χ3n) is 3.12. The summed E-state index contributed by atoms with van der Waals surface area (Å²) in [6, 6.07) is 9.31. The van der Waals surface area contributed by atoms with Crippen molar-refractivity contribution in [3.05, 3.63) is 51.7 Å². The standard InChI is InChI=1S/C16H18ClNO2S/c1-18(16(19)6-5-13-7-10-21-12-13)8-9-20-15-4-2-3-14(17)11-15/h2-4,7,10-12H,5-6,8-9H2,1H3. The summed E-state index contributed by atoms with van der Waals surface area (Å²) in [5, 5.41) is 4.76. The van der Waals surface area contributed by atoms with Crippen LogP contribution >= 0.6 is 22.9 Å². The van der Waals surface area contributed by atoms with Crippen LogP contribution in [0.2, 0.25) is 5.02 Å². The third-order valence-corrected chi connectivity index (χ3v) is 4.09. The molecule has 0 radical (unpaired) electrons. The van der Waals surface area contributed by atoms with Crippen LogP contribution in [-0.4, -0.2) is 31.0 Å². The topological polar surface area (TPSA) is 29.5 Å². The number of benzene rings is 1. The average molecular weight is 324 g/mol. The average Bonchev–Trinajstić information content (AvgIpc) is 2.98. The molecule has 1 heterocycles. The highest BCUT2D eigenvalue weighted by Gasteiger charge is 2.09. The molecule has 0 aliphatic heterocycles. The van der Waals surface area contributed by atoms with Crippen molar-refractivity contribution < 1.29 is 9.53 Å². The summed E-state index contributed by atoms with van der Waals surface area (Å²) >= 11 is 7.54. The molecule has 0 fully saturated rings. The minimum atomic E-state index is 0.135. The monoisotopic (exact) mass is 323 g/mol. The van der Waals surface area contributed by atoms with Crippen molar-refractivity contribution in [3.63, 3.8) is 0 Å². The Hall–Kier alpha value is -1.52. The van der Waals surface area contributed by atoms with Crippen LogP contribution in [0.5, 0.6) is 5.75 Å². The molecule has 3 nitrogen and oxygen atoms in total. The third kappa shape index (κ3) is 5.40. The second kappa shape index (κ2) is 8.05. The lowest BCUT2D eigenvalue weighted by Crippen LogP contribution is -2.31. The molecule has 0 N–H and O–H groups in total. The highest BCUT2D eigenvalue weighted by atomic mass is 35.5. The molecule has 0 saturated carbocycles. The van der Waals surface area contributed by atoms with Gasteiger partial charge in [-0.15, -0.1) is 0 Å². The lowest BCUT2D eigenvalue weighted by Gasteiger charge is -2.17. The highest BCUT2D eigenvalue weighted by Crippen LogP contribution is 2.17. The van der Waals surface area contributed by atoms with E-state index in [9.17, 15) is 4.79 Å². The maximum Gasteiger partial charge on any atom is 0.222 e. The van der Waals surface area contributed by atoms with Crippen LogP contribution in [-0.2, 0) is 11.2 Å². The zero-order chi connectivity index (χ0) is 15.1. The van der Waals surface area contributed by atoms with Gasteiger partial charge < -0.3 is 9.64 Å². The second-order valence-corrected chi connectivity index (χ2v) is 5.97. The van der Waals surface area contributed by atoms with E-state index < -0.39 is 0 Å². The zero-order valence-corrected chi connectivity index (χ0v) is 13.5. The van der Waals surface area contributed by atoms with Crippen molar-refractivity contribution in [1.82, 2.24) is 4.90 Å². The number of aryl methyl sites for hydroxylation is 1. The number of hydrogen-bond donors (Lipinski definition) is 0. The van der Waals surface area contributed by atoms with Gasteiger partial charge in [0.1, 0.15) is 12.4 Å². The van der Waals surface area contributed by atoms with Crippen molar-refractivity contribution in [2.45, 2.75) is 12.8 Å². The van der Waals surface area contributed by atoms with Crippen LogP contribution in [0.1, 0.15) is 12.0 Å². The van der Waals surface area contributed by atoms with Gasteiger partial charge in [-0.3, -0.25) is 4.79 Å². The number of rotatable bonds is 7. The molecule has 2 aromatic rings. The van der Waals surface area contributed by atoms with Gasteiger partial charge in [-0.25, -0.2) is 0 Å². The van der Waals surface area contributed by atoms with Gasteiger partial charge in [0, 0.05) is 18.5 Å². The SMILES string of the molecule is CN(CCOc1cccc(Cl)c1)C(=O)CCc1ccsc1. The Morgan fingerprint density at radius 2 is 2.24 bits per heavy atom. The van der Waals surface area contributed by atoms with Gasteiger partial charge in [-0.1, -0.05) is 17.7 Å². The fraction of sp³-hybridized carbons (Fsp3) is 0.312. The minimum Gasteiger partial charge on any atom is -0.492 e. The Morgan fingerprint density at radius 1 is 1.38 bits per heavy atom. The van der Waals surface area contributed by atoms with Crippen LogP contribution in [0, 0.1) is 0 Å². The maximum absolute atomic E-state index is 12.0. The van der Waals surface area contributed by atoms with Gasteiger partial charge in [-0.2, -0.15) is 11.3 Å². The van der Waals surface area contributed by atoms with E-state index in [0.29, 0.717) is 24.6 Å². The Labute approximate surface area is 134 Å². The molecule has 0 spiro atoms. The first-order chi connectivity index (χ1) is 10.1. The van der Waals surface area contributed by atoms with Gasteiger partial charge in [0.25, 0.3) is 0 Å². The van der Waals surface area contributed by atoms with Crippen molar-refractivity contribution in [2.75, 3.05) is 20.2 Å². The van der Waals surface area contributed by atoms with Gasteiger partial charge in [0.05, 0.1) is 6.54 Å². The first-order valence-corrected chi connectivity index (χ1v) is 8.10. The molecule has 0 unspecified atom stereocenters. The molecule has 0 aliphatic rings. The largest absolute Gasteiger partial charge is 0.492 e. The highest BCUT2D eigenvalue weighted by molar-refractivity contribution is 7.07. The van der Waals surface area contributed by atoms with Crippen molar-refractivity contribution >= 4 is 28.8 Å². The molecule has 1 aromatic carbocycles. The number of hydrogen-bond acceptors (Lipinski definition) is 3. The summed E-state index contributed by atoms with van der Waals surface area (Å²) in [4.78, 5) is 13.7. The first-order valence-electron chi connectivity index (χ1n) is 6.78. The number of likely N-dealkylation sites (N-methyl/N-ethyl adjacent to an activating group) is 1. The summed E-state index contributed by atoms with van der Waals surface area (Å²) in [6.45, 7) is 1.02. The molecule has 0 aliphatic carbocycles. The Balaban J connectivity index is 1.68. The van der Waals surface area contributed by atoms with Crippen LogP contribution in [0.25, 0.3) is 0 Å². The van der Waals surface area contributed by atoms with Gasteiger partial charge in [0.15, 0.2) is 0 Å². The van der Waals surface area contributed by atoms with E-state index >= 15 is 0 Å². The number of thiophene rings is 1. The molecular formula is C16H18ClNO2S. The summed E-state index contributed by atoms with van der Waals surface area (Å²) < 4.78 is 5.58. The first kappa shape index (κ1) is 15.9. The van der Waals surface area contributed by atoms with E-state index in [4.69, 9.17) is 16.3 Å². The molecule has 112 valence electrons. The Kier molecular flexibility index (Phi) is 6.08. The molecule has 2 rings (SSSR count). The molecule has 0 bridgehead atoms. The van der Waals surface area contributed by atoms with Crippen LogP contribution < -0.4 is 4.74 Å². The number of halogens is 1. The van der Waals surface area contributed by atoms with Crippen LogP contribution in [0.15, 0.2) is 41.1 Å². The maximum atomic E-state index is 12.0. The number of nitrogens with zero attached hydrogens (tertiary/aromatic N) is 1. The van der Waals surface area contributed by atoms with E-state index in [1.54, 1.807) is 35.4 Å². The van der Waals surface area contributed by atoms with E-state index in [0.717, 1.165) is 12.2 Å². The molecule has 0 saturated heterocycles. The number of amides is 1. The van der Waals surface area contributed by atoms with E-state index in [1.807, 2.05) is 17.5 Å². The van der Waals surface area contributed by atoms with Crippen molar-refractivity contribution in [1.29, 1.82) is 0 Å². The van der Waals surface area contributed by atoms with E-state index in [2.05, 4.69) is 11.4 Å². The predicted octanol–water partition coefficient (Wildman–Crippen LogP) is 3.87. The van der Waals surface area contributed by atoms with Gasteiger partial charge in [0.2, 0.25) is 5.91 Å². The molecule has 0 atom stereocenters. The summed E-state index contributed by atoms with van der Waals surface area (Å²) in [6.07, 6.45) is 1.33. The van der Waals surface area contributed by atoms with E-state index in [-0.39, 0.29) is 5.91 Å². The fourth-order valence-electron chi connectivity index (χ4n) is 1.86. The second-order valence-electron chi connectivity index (χ2n) is 4.75. The lowest BCUT2D eigenvalue weighted by atomic mass is 10.2. The normalized spacial score (nSPS) is 10.4.